The molecule has 0 aliphatic heterocycles. The Balaban J connectivity index is 2.38. The van der Waals surface area contributed by atoms with Gasteiger partial charge in [0.05, 0.1) is 12.2 Å². The van der Waals surface area contributed by atoms with Crippen molar-refractivity contribution in [2.75, 3.05) is 6.54 Å². The average Bonchev–Trinajstić information content (AvgIpc) is 2.92. The van der Waals surface area contributed by atoms with E-state index in [1.807, 2.05) is 37.0 Å². The Kier molecular flexibility index (Phi) is 4.90. The maximum Gasteiger partial charge on any atom is 0.128 e. The van der Waals surface area contributed by atoms with E-state index in [1.54, 1.807) is 6.07 Å². The van der Waals surface area contributed by atoms with Crippen LogP contribution in [0.1, 0.15) is 43.0 Å². The molecule has 1 atom stereocenters. The molecule has 2 aromatic rings. The highest BCUT2D eigenvalue weighted by Crippen LogP contribution is 2.25. The van der Waals surface area contributed by atoms with Gasteiger partial charge in [0.25, 0.3) is 0 Å². The van der Waals surface area contributed by atoms with Crippen LogP contribution in [0.25, 0.3) is 0 Å². The van der Waals surface area contributed by atoms with Crippen LogP contribution < -0.4 is 5.32 Å². The maximum atomic E-state index is 14.2. The van der Waals surface area contributed by atoms with Crippen LogP contribution in [0.15, 0.2) is 30.6 Å². The van der Waals surface area contributed by atoms with Crippen LogP contribution in [0.3, 0.4) is 0 Å². The van der Waals surface area contributed by atoms with E-state index in [9.17, 15) is 4.39 Å². The lowest BCUT2D eigenvalue weighted by molar-refractivity contribution is 0.545. The van der Waals surface area contributed by atoms with Crippen LogP contribution in [-0.2, 0) is 6.54 Å². The fourth-order valence-corrected chi connectivity index (χ4v) is 2.28. The molecule has 20 heavy (non-hydrogen) atoms. The Hall–Kier alpha value is -1.68. The summed E-state index contributed by atoms with van der Waals surface area (Å²) in [5, 5.41) is 7.71. The molecule has 108 valence electrons. The van der Waals surface area contributed by atoms with Crippen molar-refractivity contribution in [1.29, 1.82) is 0 Å². The molecule has 0 saturated carbocycles. The average molecular weight is 275 g/mol. The highest BCUT2D eigenvalue weighted by atomic mass is 19.1. The lowest BCUT2D eigenvalue weighted by Gasteiger charge is -2.19. The van der Waals surface area contributed by atoms with E-state index in [0.29, 0.717) is 5.56 Å². The number of nitrogens with zero attached hydrogens (tertiary/aromatic N) is 2. The first kappa shape index (κ1) is 14.7. The highest BCUT2D eigenvalue weighted by Gasteiger charge is 2.19. The summed E-state index contributed by atoms with van der Waals surface area (Å²) in [5.74, 6) is -0.173. The van der Waals surface area contributed by atoms with Crippen molar-refractivity contribution in [2.24, 2.45) is 0 Å². The van der Waals surface area contributed by atoms with Gasteiger partial charge in [0, 0.05) is 23.9 Å². The lowest BCUT2D eigenvalue weighted by Crippen LogP contribution is -2.24. The second kappa shape index (κ2) is 6.66. The summed E-state index contributed by atoms with van der Waals surface area (Å²) < 4.78 is 16.0. The number of rotatable bonds is 6. The second-order valence-corrected chi connectivity index (χ2v) is 5.04. The molecule has 1 aromatic carbocycles. The number of nitrogens with one attached hydrogen (secondary N) is 1. The molecule has 1 heterocycles. The topological polar surface area (TPSA) is 29.9 Å². The molecule has 0 amide bonds. The Bertz CT molecular complexity index is 563. The zero-order valence-corrected chi connectivity index (χ0v) is 12.4. The largest absolute Gasteiger partial charge is 0.306 e. The van der Waals surface area contributed by atoms with Gasteiger partial charge in [-0.15, -0.1) is 0 Å². The summed E-state index contributed by atoms with van der Waals surface area (Å²) >= 11 is 0. The van der Waals surface area contributed by atoms with E-state index in [2.05, 4.69) is 17.3 Å². The first-order valence-electron chi connectivity index (χ1n) is 7.17. The van der Waals surface area contributed by atoms with Gasteiger partial charge in [0.15, 0.2) is 0 Å². The summed E-state index contributed by atoms with van der Waals surface area (Å²) in [6, 6.07) is 5.10. The second-order valence-electron chi connectivity index (χ2n) is 5.04. The third-order valence-corrected chi connectivity index (χ3v) is 3.37. The molecule has 1 unspecified atom stereocenters. The van der Waals surface area contributed by atoms with Crippen molar-refractivity contribution in [3.63, 3.8) is 0 Å². The van der Waals surface area contributed by atoms with Gasteiger partial charge in [0.2, 0.25) is 0 Å². The standard InChI is InChI=1S/C16H22FN3/c1-4-8-18-16(13-10-19-20(5-2)11-13)14-9-12(3)6-7-15(14)17/h6-7,9-11,16,18H,4-5,8H2,1-3H3. The van der Waals surface area contributed by atoms with Gasteiger partial charge in [-0.05, 0) is 32.9 Å². The number of aryl methyl sites for hydroxylation is 2. The minimum atomic E-state index is -0.173. The normalized spacial score (nSPS) is 12.6. The first-order chi connectivity index (χ1) is 9.65. The Labute approximate surface area is 119 Å². The molecule has 0 spiro atoms. The van der Waals surface area contributed by atoms with Crippen LogP contribution in [0.5, 0.6) is 0 Å². The predicted molar refractivity (Wildman–Crippen MR) is 79.2 cm³/mol. The van der Waals surface area contributed by atoms with Gasteiger partial charge in [-0.2, -0.15) is 5.10 Å². The summed E-state index contributed by atoms with van der Waals surface area (Å²) in [7, 11) is 0. The van der Waals surface area contributed by atoms with Gasteiger partial charge in [-0.25, -0.2) is 4.39 Å². The van der Waals surface area contributed by atoms with Crippen LogP contribution in [-0.4, -0.2) is 16.3 Å². The molecule has 0 saturated heterocycles. The summed E-state index contributed by atoms with van der Waals surface area (Å²) in [4.78, 5) is 0. The number of halogens is 1. The van der Waals surface area contributed by atoms with Crippen LogP contribution in [0.2, 0.25) is 0 Å². The van der Waals surface area contributed by atoms with Crippen molar-refractivity contribution in [3.05, 3.63) is 53.1 Å². The predicted octanol–water partition coefficient (Wildman–Crippen LogP) is 3.44. The van der Waals surface area contributed by atoms with Crippen LogP contribution in [0.4, 0.5) is 4.39 Å². The van der Waals surface area contributed by atoms with Gasteiger partial charge in [0.1, 0.15) is 5.82 Å². The smallest absolute Gasteiger partial charge is 0.128 e. The van der Waals surface area contributed by atoms with Gasteiger partial charge < -0.3 is 5.32 Å². The molecule has 0 aliphatic rings. The van der Waals surface area contributed by atoms with Crippen LogP contribution >= 0.6 is 0 Å². The molecular weight excluding hydrogens is 253 g/mol. The lowest BCUT2D eigenvalue weighted by atomic mass is 9.99. The van der Waals surface area contributed by atoms with E-state index < -0.39 is 0 Å². The fraction of sp³-hybridized carbons (Fsp3) is 0.438. The zero-order chi connectivity index (χ0) is 14.5. The summed E-state index contributed by atoms with van der Waals surface area (Å²) in [6.07, 6.45) is 4.81. The van der Waals surface area contributed by atoms with Gasteiger partial charge in [-0.1, -0.05) is 24.6 Å². The molecule has 0 aliphatic carbocycles. The van der Waals surface area contributed by atoms with Gasteiger partial charge >= 0.3 is 0 Å². The number of hydrogen-bond donors (Lipinski definition) is 1. The number of hydrogen-bond acceptors (Lipinski definition) is 2. The summed E-state index contributed by atoms with van der Waals surface area (Å²) in [5.41, 5.74) is 2.76. The van der Waals surface area contributed by atoms with Crippen molar-refractivity contribution in [3.8, 4) is 0 Å². The Morgan fingerprint density at radius 3 is 2.80 bits per heavy atom. The Morgan fingerprint density at radius 1 is 1.35 bits per heavy atom. The first-order valence-corrected chi connectivity index (χ1v) is 7.17. The molecule has 2 rings (SSSR count). The van der Waals surface area contributed by atoms with E-state index in [-0.39, 0.29) is 11.9 Å². The van der Waals surface area contributed by atoms with Crippen molar-refractivity contribution in [1.82, 2.24) is 15.1 Å². The van der Waals surface area contributed by atoms with Crippen molar-refractivity contribution >= 4 is 0 Å². The molecule has 0 fully saturated rings. The zero-order valence-electron chi connectivity index (χ0n) is 12.4. The Morgan fingerprint density at radius 2 is 2.15 bits per heavy atom. The molecule has 3 nitrogen and oxygen atoms in total. The van der Waals surface area contributed by atoms with E-state index in [1.165, 1.54) is 6.07 Å². The number of aromatic nitrogens is 2. The molecule has 1 N–H and O–H groups in total. The van der Waals surface area contributed by atoms with Gasteiger partial charge in [-0.3, -0.25) is 4.68 Å². The molecule has 1 aromatic heterocycles. The monoisotopic (exact) mass is 275 g/mol. The van der Waals surface area contributed by atoms with Crippen molar-refractivity contribution < 1.29 is 4.39 Å². The number of benzene rings is 1. The van der Waals surface area contributed by atoms with Crippen molar-refractivity contribution in [2.45, 2.75) is 39.8 Å². The highest BCUT2D eigenvalue weighted by molar-refractivity contribution is 5.33. The minimum absolute atomic E-state index is 0.143. The third-order valence-electron chi connectivity index (χ3n) is 3.37. The minimum Gasteiger partial charge on any atom is -0.306 e. The molecular formula is C16H22FN3. The molecule has 0 bridgehead atoms. The van der Waals surface area contributed by atoms with E-state index in [4.69, 9.17) is 0 Å². The third kappa shape index (κ3) is 3.25. The van der Waals surface area contributed by atoms with Crippen LogP contribution in [0, 0.1) is 12.7 Å². The summed E-state index contributed by atoms with van der Waals surface area (Å²) in [6.45, 7) is 7.78. The molecule has 0 radical (unpaired) electrons. The quantitative estimate of drug-likeness (QED) is 0.875. The molecule has 4 heteroatoms. The maximum absolute atomic E-state index is 14.2. The SMILES string of the molecule is CCCNC(c1cnn(CC)c1)c1cc(C)ccc1F. The van der Waals surface area contributed by atoms with E-state index >= 15 is 0 Å². The fourth-order valence-electron chi connectivity index (χ4n) is 2.28. The van der Waals surface area contributed by atoms with E-state index in [0.717, 1.165) is 30.6 Å².